The number of aromatic nitrogens is 2. The number of amides is 1. The molecule has 0 bridgehead atoms. The molecule has 1 N–H and O–H groups in total. The van der Waals surface area contributed by atoms with Crippen LogP contribution in [0.4, 0.5) is 0 Å². The molecule has 2 aromatic heterocycles. The second kappa shape index (κ2) is 7.38. The zero-order valence-corrected chi connectivity index (χ0v) is 17.8. The van der Waals surface area contributed by atoms with Crippen LogP contribution in [0, 0.1) is 13.8 Å². The van der Waals surface area contributed by atoms with Crippen molar-refractivity contribution in [1.82, 2.24) is 14.9 Å². The van der Waals surface area contributed by atoms with Crippen LogP contribution in [0.1, 0.15) is 17.5 Å². The van der Waals surface area contributed by atoms with Crippen molar-refractivity contribution < 1.29 is 13.2 Å². The lowest BCUT2D eigenvalue weighted by molar-refractivity contribution is -0.122. The molecule has 1 atom stereocenters. The van der Waals surface area contributed by atoms with E-state index in [1.165, 1.54) is 27.8 Å². The second-order valence-corrected chi connectivity index (χ2v) is 10.6. The van der Waals surface area contributed by atoms with Gasteiger partial charge in [0.2, 0.25) is 5.91 Å². The van der Waals surface area contributed by atoms with Crippen molar-refractivity contribution in [3.63, 3.8) is 0 Å². The molecule has 1 aliphatic rings. The highest BCUT2D eigenvalue weighted by molar-refractivity contribution is 7.91. The molecule has 1 aromatic carbocycles. The van der Waals surface area contributed by atoms with Gasteiger partial charge in [-0.2, -0.15) is 0 Å². The molecule has 4 rings (SSSR count). The van der Waals surface area contributed by atoms with Crippen LogP contribution in [0.3, 0.4) is 0 Å². The number of aryl methyl sites for hydroxylation is 2. The highest BCUT2D eigenvalue weighted by atomic mass is 32.2. The van der Waals surface area contributed by atoms with E-state index in [0.29, 0.717) is 16.6 Å². The van der Waals surface area contributed by atoms with Crippen LogP contribution in [0.15, 0.2) is 34.7 Å². The van der Waals surface area contributed by atoms with Gasteiger partial charge in [-0.05, 0) is 37.0 Å². The standard InChI is InChI=1S/C20H21N3O4S2/c1-12-3-4-14(7-13(12)2)16-9-28-19-18(16)20(25)23(11-21-19)8-17(24)22-15-5-6-29(26,27)10-15/h3-4,7,9,11,15H,5-6,8,10H2,1-2H3,(H,22,24)/t15-/m1/s1. The van der Waals surface area contributed by atoms with E-state index in [2.05, 4.69) is 10.3 Å². The number of hydrogen-bond acceptors (Lipinski definition) is 6. The van der Waals surface area contributed by atoms with Crippen LogP contribution in [0.2, 0.25) is 0 Å². The maximum Gasteiger partial charge on any atom is 0.263 e. The third-order valence-corrected chi connectivity index (χ3v) is 7.94. The molecule has 0 aliphatic carbocycles. The molecule has 7 nitrogen and oxygen atoms in total. The van der Waals surface area contributed by atoms with Crippen LogP contribution < -0.4 is 10.9 Å². The minimum absolute atomic E-state index is 0.0492. The highest BCUT2D eigenvalue weighted by Crippen LogP contribution is 2.31. The Morgan fingerprint density at radius 3 is 2.79 bits per heavy atom. The van der Waals surface area contributed by atoms with Crippen molar-refractivity contribution >= 4 is 37.3 Å². The number of sulfone groups is 1. The molecule has 1 aliphatic heterocycles. The van der Waals surface area contributed by atoms with Gasteiger partial charge in [0, 0.05) is 17.0 Å². The molecule has 29 heavy (non-hydrogen) atoms. The van der Waals surface area contributed by atoms with Gasteiger partial charge in [0.15, 0.2) is 9.84 Å². The zero-order valence-electron chi connectivity index (χ0n) is 16.1. The van der Waals surface area contributed by atoms with E-state index < -0.39 is 21.8 Å². The lowest BCUT2D eigenvalue weighted by Gasteiger charge is -2.12. The second-order valence-electron chi connectivity index (χ2n) is 7.47. The first-order valence-corrected chi connectivity index (χ1v) is 12.0. The summed E-state index contributed by atoms with van der Waals surface area (Å²) < 4.78 is 24.4. The first kappa shape index (κ1) is 19.8. The van der Waals surface area contributed by atoms with E-state index in [4.69, 9.17) is 0 Å². The molecule has 0 saturated carbocycles. The Labute approximate surface area is 172 Å². The first-order chi connectivity index (χ1) is 13.7. The van der Waals surface area contributed by atoms with E-state index in [0.717, 1.165) is 16.7 Å². The van der Waals surface area contributed by atoms with Crippen LogP contribution in [-0.2, 0) is 21.2 Å². The van der Waals surface area contributed by atoms with Gasteiger partial charge in [0.25, 0.3) is 5.56 Å². The van der Waals surface area contributed by atoms with Gasteiger partial charge in [-0.1, -0.05) is 18.2 Å². The Balaban J connectivity index is 1.63. The minimum atomic E-state index is -3.08. The number of thiophene rings is 1. The van der Waals surface area contributed by atoms with Crippen LogP contribution >= 0.6 is 11.3 Å². The van der Waals surface area contributed by atoms with Gasteiger partial charge in [-0.3, -0.25) is 14.2 Å². The summed E-state index contributed by atoms with van der Waals surface area (Å²) in [6.07, 6.45) is 1.78. The number of nitrogens with zero attached hydrogens (tertiary/aromatic N) is 2. The largest absolute Gasteiger partial charge is 0.351 e. The Bertz CT molecular complexity index is 1270. The molecule has 9 heteroatoms. The van der Waals surface area contributed by atoms with E-state index in [9.17, 15) is 18.0 Å². The summed E-state index contributed by atoms with van der Waals surface area (Å²) in [5.74, 6) is -0.357. The first-order valence-electron chi connectivity index (χ1n) is 9.27. The smallest absolute Gasteiger partial charge is 0.263 e. The molecular weight excluding hydrogens is 410 g/mol. The molecule has 0 spiro atoms. The maximum absolute atomic E-state index is 13.1. The molecule has 1 fully saturated rings. The van der Waals surface area contributed by atoms with Gasteiger partial charge in [0.05, 0.1) is 23.2 Å². The van der Waals surface area contributed by atoms with E-state index in [1.807, 2.05) is 37.4 Å². The molecule has 1 saturated heterocycles. The quantitative estimate of drug-likeness (QED) is 0.682. The van der Waals surface area contributed by atoms with Crippen molar-refractivity contribution in [2.45, 2.75) is 32.9 Å². The lowest BCUT2D eigenvalue weighted by atomic mass is 10.0. The van der Waals surface area contributed by atoms with Crippen LogP contribution in [0.25, 0.3) is 21.3 Å². The SMILES string of the molecule is Cc1ccc(-c2csc3ncn(CC(=O)N[C@@H]4CCS(=O)(=O)C4)c(=O)c23)cc1C. The van der Waals surface area contributed by atoms with Crippen molar-refractivity contribution in [1.29, 1.82) is 0 Å². The maximum atomic E-state index is 13.1. The van der Waals surface area contributed by atoms with Crippen molar-refractivity contribution in [2.24, 2.45) is 0 Å². The summed E-state index contributed by atoms with van der Waals surface area (Å²) in [5.41, 5.74) is 3.78. The number of nitrogens with one attached hydrogen (secondary N) is 1. The van der Waals surface area contributed by atoms with Gasteiger partial charge in [-0.25, -0.2) is 13.4 Å². The number of carbonyl (C=O) groups excluding carboxylic acids is 1. The summed E-state index contributed by atoms with van der Waals surface area (Å²) in [5, 5.41) is 5.12. The normalized spacial score (nSPS) is 18.2. The molecule has 1 amide bonds. The monoisotopic (exact) mass is 431 g/mol. The topological polar surface area (TPSA) is 98.1 Å². The van der Waals surface area contributed by atoms with Gasteiger partial charge < -0.3 is 5.32 Å². The van der Waals surface area contributed by atoms with Crippen molar-refractivity contribution in [3.05, 3.63) is 51.4 Å². The summed E-state index contributed by atoms with van der Waals surface area (Å²) >= 11 is 1.39. The minimum Gasteiger partial charge on any atom is -0.351 e. The molecule has 3 heterocycles. The summed E-state index contributed by atoms with van der Waals surface area (Å²) in [6, 6.07) is 5.65. The average Bonchev–Trinajstić information content (AvgIpc) is 3.23. The molecule has 0 radical (unpaired) electrons. The summed E-state index contributed by atoms with van der Waals surface area (Å²) in [4.78, 5) is 30.4. The predicted octanol–water partition coefficient (Wildman–Crippen LogP) is 2.05. The molecule has 0 unspecified atom stereocenters. The number of hydrogen-bond donors (Lipinski definition) is 1. The van der Waals surface area contributed by atoms with Crippen LogP contribution in [-0.4, -0.2) is 41.4 Å². The molecular formula is C20H21N3O4S2. The highest BCUT2D eigenvalue weighted by Gasteiger charge is 2.29. The Hall–Kier alpha value is -2.52. The lowest BCUT2D eigenvalue weighted by Crippen LogP contribution is -2.39. The number of rotatable bonds is 4. The summed E-state index contributed by atoms with van der Waals surface area (Å²) in [7, 11) is -3.08. The van der Waals surface area contributed by atoms with Gasteiger partial charge in [-0.15, -0.1) is 11.3 Å². The van der Waals surface area contributed by atoms with Crippen molar-refractivity contribution in [2.75, 3.05) is 11.5 Å². The third-order valence-electron chi connectivity index (χ3n) is 5.29. The van der Waals surface area contributed by atoms with E-state index in [-0.39, 0.29) is 23.6 Å². The fraction of sp³-hybridized carbons (Fsp3) is 0.350. The fourth-order valence-electron chi connectivity index (χ4n) is 3.54. The van der Waals surface area contributed by atoms with E-state index >= 15 is 0 Å². The Kier molecular flexibility index (Phi) is 5.04. The van der Waals surface area contributed by atoms with Crippen LogP contribution in [0.5, 0.6) is 0 Å². The Morgan fingerprint density at radius 2 is 2.10 bits per heavy atom. The predicted molar refractivity (Wildman–Crippen MR) is 114 cm³/mol. The molecule has 3 aromatic rings. The average molecular weight is 432 g/mol. The van der Waals surface area contributed by atoms with Crippen molar-refractivity contribution in [3.8, 4) is 11.1 Å². The Morgan fingerprint density at radius 1 is 1.31 bits per heavy atom. The third kappa shape index (κ3) is 3.97. The van der Waals surface area contributed by atoms with Gasteiger partial charge >= 0.3 is 0 Å². The van der Waals surface area contributed by atoms with E-state index in [1.54, 1.807) is 0 Å². The number of benzene rings is 1. The zero-order chi connectivity index (χ0) is 20.8. The number of carbonyl (C=O) groups is 1. The fourth-order valence-corrected chi connectivity index (χ4v) is 6.12. The summed E-state index contributed by atoms with van der Waals surface area (Å²) in [6.45, 7) is 3.87. The number of fused-ring (bicyclic) bond motifs is 1. The molecule has 152 valence electrons. The van der Waals surface area contributed by atoms with Gasteiger partial charge in [0.1, 0.15) is 11.4 Å².